The van der Waals surface area contributed by atoms with E-state index in [2.05, 4.69) is 4.98 Å². The summed E-state index contributed by atoms with van der Waals surface area (Å²) in [6.45, 7) is 0. The number of hydrogen-bond donors (Lipinski definition) is 1. The molecule has 3 nitrogen and oxygen atoms in total. The molecule has 1 aromatic heterocycles. The van der Waals surface area contributed by atoms with Gasteiger partial charge in [0.25, 0.3) is 0 Å². The Morgan fingerprint density at radius 1 is 1.17 bits per heavy atom. The van der Waals surface area contributed by atoms with Gasteiger partial charge in [-0.05, 0) is 30.3 Å². The number of nitrogen functional groups attached to an aromatic ring is 1. The van der Waals surface area contributed by atoms with Gasteiger partial charge in [-0.15, -0.1) is 0 Å². The second-order valence-corrected chi connectivity index (χ2v) is 4.31. The van der Waals surface area contributed by atoms with Crippen LogP contribution in [0.4, 0.5) is 10.1 Å². The standard InChI is InChI=1S/C13H8ClFN2O/c14-7-1-4-11-12(5-7)18-13(17-11)9-3-2-8(16)6-10(9)15/h1-6H,16H2. The highest BCUT2D eigenvalue weighted by Gasteiger charge is 2.12. The van der Waals surface area contributed by atoms with Crippen LogP contribution in [0.25, 0.3) is 22.6 Å². The summed E-state index contributed by atoms with van der Waals surface area (Å²) < 4.78 is 19.2. The maximum Gasteiger partial charge on any atom is 0.230 e. The van der Waals surface area contributed by atoms with Gasteiger partial charge in [-0.2, -0.15) is 0 Å². The van der Waals surface area contributed by atoms with Gasteiger partial charge in [-0.25, -0.2) is 9.37 Å². The summed E-state index contributed by atoms with van der Waals surface area (Å²) in [5.74, 6) is -0.252. The van der Waals surface area contributed by atoms with E-state index in [4.69, 9.17) is 21.8 Å². The van der Waals surface area contributed by atoms with Crippen LogP contribution >= 0.6 is 11.6 Å². The molecule has 1 heterocycles. The molecule has 3 aromatic rings. The van der Waals surface area contributed by atoms with Gasteiger partial charge in [0.1, 0.15) is 11.3 Å². The maximum absolute atomic E-state index is 13.7. The summed E-state index contributed by atoms with van der Waals surface area (Å²) in [6, 6.07) is 9.44. The van der Waals surface area contributed by atoms with Gasteiger partial charge >= 0.3 is 0 Å². The minimum Gasteiger partial charge on any atom is -0.436 e. The molecule has 0 atom stereocenters. The summed E-state index contributed by atoms with van der Waals surface area (Å²) in [6.07, 6.45) is 0. The first kappa shape index (κ1) is 11.0. The normalized spacial score (nSPS) is 11.0. The number of hydrogen-bond acceptors (Lipinski definition) is 3. The predicted octanol–water partition coefficient (Wildman–Crippen LogP) is 3.87. The number of aromatic nitrogens is 1. The second kappa shape index (κ2) is 3.99. The fraction of sp³-hybridized carbons (Fsp3) is 0. The van der Waals surface area contributed by atoms with Crippen LogP contribution in [0.2, 0.25) is 5.02 Å². The van der Waals surface area contributed by atoms with Crippen LogP contribution in [0.15, 0.2) is 40.8 Å². The molecule has 0 unspecified atom stereocenters. The zero-order valence-electron chi connectivity index (χ0n) is 9.15. The zero-order chi connectivity index (χ0) is 12.7. The molecule has 0 saturated carbocycles. The van der Waals surface area contributed by atoms with Gasteiger partial charge in [-0.3, -0.25) is 0 Å². The third kappa shape index (κ3) is 1.80. The van der Waals surface area contributed by atoms with E-state index in [-0.39, 0.29) is 11.5 Å². The Kier molecular flexibility index (Phi) is 2.45. The van der Waals surface area contributed by atoms with Crippen molar-refractivity contribution >= 4 is 28.4 Å². The summed E-state index contributed by atoms with van der Waals surface area (Å²) >= 11 is 5.85. The second-order valence-electron chi connectivity index (χ2n) is 3.87. The van der Waals surface area contributed by atoms with Crippen molar-refractivity contribution in [3.63, 3.8) is 0 Å². The molecule has 18 heavy (non-hydrogen) atoms. The Labute approximate surface area is 107 Å². The van der Waals surface area contributed by atoms with Crippen LogP contribution in [-0.2, 0) is 0 Å². The third-order valence-electron chi connectivity index (χ3n) is 2.57. The highest BCUT2D eigenvalue weighted by molar-refractivity contribution is 6.31. The van der Waals surface area contributed by atoms with E-state index in [0.29, 0.717) is 21.8 Å². The third-order valence-corrected chi connectivity index (χ3v) is 2.81. The van der Waals surface area contributed by atoms with Gasteiger partial charge in [0, 0.05) is 16.8 Å². The molecule has 0 radical (unpaired) electrons. The molecular weight excluding hydrogens is 255 g/mol. The molecule has 5 heteroatoms. The number of halogens is 2. The first-order valence-corrected chi connectivity index (χ1v) is 5.63. The SMILES string of the molecule is Nc1ccc(-c2nc3ccc(Cl)cc3o2)c(F)c1. The van der Waals surface area contributed by atoms with Crippen LogP contribution in [0.3, 0.4) is 0 Å². The lowest BCUT2D eigenvalue weighted by atomic mass is 10.2. The van der Waals surface area contributed by atoms with Crippen LogP contribution in [0.5, 0.6) is 0 Å². The highest BCUT2D eigenvalue weighted by Crippen LogP contribution is 2.28. The largest absolute Gasteiger partial charge is 0.436 e. The van der Waals surface area contributed by atoms with Crippen molar-refractivity contribution in [1.29, 1.82) is 0 Å². The van der Waals surface area contributed by atoms with Crippen LogP contribution < -0.4 is 5.73 Å². The fourth-order valence-electron chi connectivity index (χ4n) is 1.72. The van der Waals surface area contributed by atoms with Crippen molar-refractivity contribution in [2.45, 2.75) is 0 Å². The Balaban J connectivity index is 2.19. The summed E-state index contributed by atoms with van der Waals surface area (Å²) in [7, 11) is 0. The molecule has 0 spiro atoms. The van der Waals surface area contributed by atoms with Gasteiger partial charge < -0.3 is 10.2 Å². The maximum atomic E-state index is 13.7. The minimum absolute atomic E-state index is 0.213. The summed E-state index contributed by atoms with van der Waals surface area (Å²) in [4.78, 5) is 4.21. The molecule has 3 rings (SSSR count). The van der Waals surface area contributed by atoms with Crippen molar-refractivity contribution in [2.75, 3.05) is 5.73 Å². The number of rotatable bonds is 1. The number of anilines is 1. The number of benzene rings is 2. The number of nitrogens with zero attached hydrogens (tertiary/aromatic N) is 1. The van der Waals surface area contributed by atoms with Crippen molar-refractivity contribution in [2.24, 2.45) is 0 Å². The van der Waals surface area contributed by atoms with E-state index in [1.54, 1.807) is 24.3 Å². The molecule has 90 valence electrons. The van der Waals surface area contributed by atoms with Crippen LogP contribution in [0.1, 0.15) is 0 Å². The lowest BCUT2D eigenvalue weighted by molar-refractivity contribution is 0.594. The number of fused-ring (bicyclic) bond motifs is 1. The van der Waals surface area contributed by atoms with E-state index in [9.17, 15) is 4.39 Å². The summed E-state index contributed by atoms with van der Waals surface area (Å²) in [5.41, 5.74) is 7.28. The monoisotopic (exact) mass is 262 g/mol. The molecule has 0 aliphatic carbocycles. The van der Waals surface area contributed by atoms with Gasteiger partial charge in [-0.1, -0.05) is 11.6 Å². The predicted molar refractivity (Wildman–Crippen MR) is 68.8 cm³/mol. The molecule has 2 aromatic carbocycles. The first-order chi connectivity index (χ1) is 8.63. The van der Waals surface area contributed by atoms with Crippen molar-refractivity contribution in [3.8, 4) is 11.5 Å². The summed E-state index contributed by atoms with van der Waals surface area (Å²) in [5, 5.41) is 0.544. The van der Waals surface area contributed by atoms with E-state index in [1.165, 1.54) is 12.1 Å². The molecule has 2 N–H and O–H groups in total. The topological polar surface area (TPSA) is 52.0 Å². The molecule has 0 amide bonds. The van der Waals surface area contributed by atoms with E-state index in [1.807, 2.05) is 0 Å². The van der Waals surface area contributed by atoms with E-state index in [0.717, 1.165) is 0 Å². The Morgan fingerprint density at radius 3 is 2.78 bits per heavy atom. The molecule has 0 aliphatic heterocycles. The molecule has 0 aliphatic rings. The smallest absolute Gasteiger partial charge is 0.230 e. The Morgan fingerprint density at radius 2 is 2.00 bits per heavy atom. The lowest BCUT2D eigenvalue weighted by Crippen LogP contribution is -1.89. The fourth-order valence-corrected chi connectivity index (χ4v) is 1.88. The Bertz CT molecular complexity index is 739. The van der Waals surface area contributed by atoms with Crippen molar-refractivity contribution in [3.05, 3.63) is 47.2 Å². The number of oxazole rings is 1. The average Bonchev–Trinajstić information content (AvgIpc) is 2.71. The van der Waals surface area contributed by atoms with E-state index < -0.39 is 5.82 Å². The average molecular weight is 263 g/mol. The van der Waals surface area contributed by atoms with Gasteiger partial charge in [0.05, 0.1) is 5.56 Å². The highest BCUT2D eigenvalue weighted by atomic mass is 35.5. The lowest BCUT2D eigenvalue weighted by Gasteiger charge is -1.98. The van der Waals surface area contributed by atoms with Crippen molar-refractivity contribution < 1.29 is 8.81 Å². The quantitative estimate of drug-likeness (QED) is 0.677. The zero-order valence-corrected chi connectivity index (χ0v) is 9.91. The molecular formula is C13H8ClFN2O. The first-order valence-electron chi connectivity index (χ1n) is 5.25. The van der Waals surface area contributed by atoms with Crippen molar-refractivity contribution in [1.82, 2.24) is 4.98 Å². The number of nitrogens with two attached hydrogens (primary N) is 1. The molecule has 0 bridgehead atoms. The van der Waals surface area contributed by atoms with Crippen LogP contribution in [-0.4, -0.2) is 4.98 Å². The molecule has 0 saturated heterocycles. The van der Waals surface area contributed by atoms with Crippen LogP contribution in [0, 0.1) is 5.82 Å². The van der Waals surface area contributed by atoms with Gasteiger partial charge in [0.2, 0.25) is 5.89 Å². The molecule has 0 fully saturated rings. The Hall–Kier alpha value is -2.07. The minimum atomic E-state index is -0.465. The van der Waals surface area contributed by atoms with Gasteiger partial charge in [0.15, 0.2) is 5.58 Å². The van der Waals surface area contributed by atoms with E-state index >= 15 is 0 Å².